The number of nitrogens with one attached hydrogen (secondary N) is 2. The number of anilines is 1. The van der Waals surface area contributed by atoms with Crippen molar-refractivity contribution in [2.75, 3.05) is 32.1 Å². The molecular formula is C28H40N4O8S. The maximum atomic E-state index is 13.3. The van der Waals surface area contributed by atoms with E-state index in [1.807, 2.05) is 17.5 Å². The third-order valence-corrected chi connectivity index (χ3v) is 6.47. The van der Waals surface area contributed by atoms with Gasteiger partial charge >= 0.3 is 18.3 Å². The van der Waals surface area contributed by atoms with Crippen LogP contribution in [0.2, 0.25) is 0 Å². The topological polar surface area (TPSA) is 138 Å². The summed E-state index contributed by atoms with van der Waals surface area (Å²) in [6.07, 6.45) is -2.31. The number of aromatic nitrogens is 1. The highest BCUT2D eigenvalue weighted by molar-refractivity contribution is 7.13. The number of carbonyl (C=O) groups excluding carboxylic acids is 3. The minimum Gasteiger partial charge on any atom is -0.497 e. The molecular weight excluding hydrogens is 552 g/mol. The van der Waals surface area contributed by atoms with Crippen LogP contribution in [0, 0.1) is 0 Å². The molecule has 3 rings (SSSR count). The van der Waals surface area contributed by atoms with Gasteiger partial charge < -0.3 is 34.3 Å². The summed E-state index contributed by atoms with van der Waals surface area (Å²) < 4.78 is 27.7. The van der Waals surface area contributed by atoms with E-state index >= 15 is 0 Å². The number of benzene rings is 1. The SMILES string of the molecule is COc1ccc(C[C@@H]2[C@H](OC(=O)NCCNc3nccs3)[C@@H](OC(=O)OC(C)(C)C)CN2C(=O)OC(C)(C)C)cc1. The lowest BCUT2D eigenvalue weighted by Crippen LogP contribution is -2.46. The normalized spacial score (nSPS) is 18.8. The molecule has 1 aromatic heterocycles. The molecule has 0 bridgehead atoms. The van der Waals surface area contributed by atoms with E-state index in [0.29, 0.717) is 18.7 Å². The molecule has 13 heteroatoms. The van der Waals surface area contributed by atoms with Gasteiger partial charge in [-0.25, -0.2) is 19.4 Å². The summed E-state index contributed by atoms with van der Waals surface area (Å²) in [5, 5.41) is 8.36. The number of rotatable bonds is 9. The van der Waals surface area contributed by atoms with Crippen LogP contribution < -0.4 is 15.4 Å². The molecule has 1 aliphatic rings. The van der Waals surface area contributed by atoms with Crippen LogP contribution in [0.15, 0.2) is 35.8 Å². The number of amides is 2. The lowest BCUT2D eigenvalue weighted by Gasteiger charge is -2.30. The van der Waals surface area contributed by atoms with Crippen LogP contribution in [0.3, 0.4) is 0 Å². The number of nitrogens with zero attached hydrogens (tertiary/aromatic N) is 2. The summed E-state index contributed by atoms with van der Waals surface area (Å²) in [5.74, 6) is 0.675. The number of hydrogen-bond donors (Lipinski definition) is 2. The van der Waals surface area contributed by atoms with Crippen LogP contribution in [-0.2, 0) is 25.4 Å². The lowest BCUT2D eigenvalue weighted by molar-refractivity contribution is -0.0517. The van der Waals surface area contributed by atoms with Crippen molar-refractivity contribution in [3.63, 3.8) is 0 Å². The molecule has 226 valence electrons. The van der Waals surface area contributed by atoms with E-state index in [9.17, 15) is 14.4 Å². The predicted octanol–water partition coefficient (Wildman–Crippen LogP) is 4.84. The molecule has 2 aromatic rings. The number of methoxy groups -OCH3 is 1. The second kappa shape index (κ2) is 13.7. The Morgan fingerprint density at radius 1 is 1.00 bits per heavy atom. The van der Waals surface area contributed by atoms with Gasteiger partial charge in [0.25, 0.3) is 0 Å². The molecule has 0 saturated carbocycles. The first kappa shape index (κ1) is 31.8. The zero-order valence-corrected chi connectivity index (χ0v) is 25.4. The van der Waals surface area contributed by atoms with Crippen LogP contribution in [0.5, 0.6) is 5.75 Å². The third kappa shape index (κ3) is 10.3. The Labute approximate surface area is 244 Å². The predicted molar refractivity (Wildman–Crippen MR) is 153 cm³/mol. The van der Waals surface area contributed by atoms with Gasteiger partial charge in [-0.3, -0.25) is 4.90 Å². The lowest BCUT2D eigenvalue weighted by atomic mass is 10.0. The monoisotopic (exact) mass is 592 g/mol. The Morgan fingerprint density at radius 3 is 2.27 bits per heavy atom. The zero-order chi connectivity index (χ0) is 30.2. The molecule has 1 aliphatic heterocycles. The van der Waals surface area contributed by atoms with Crippen LogP contribution in [0.4, 0.5) is 19.5 Å². The summed E-state index contributed by atoms with van der Waals surface area (Å²) in [5.41, 5.74) is -0.727. The molecule has 0 spiro atoms. The minimum atomic E-state index is -1.01. The summed E-state index contributed by atoms with van der Waals surface area (Å²) in [6.45, 7) is 11.0. The minimum absolute atomic E-state index is 0.0570. The standard InChI is InChI=1S/C28H40N4O8S/c1-27(2,3)39-25(34)32-17-21(37-26(35)40-28(4,5)6)22(20(32)16-18-8-10-19(36-7)11-9-18)38-24(33)31-13-12-29-23-30-14-15-41-23/h8-11,14-15,20-22H,12-13,16-17H2,1-7H3,(H,29,30)(H,31,33)/t20-,21+,22+/m1/s1. The van der Waals surface area contributed by atoms with E-state index < -0.39 is 47.8 Å². The fourth-order valence-electron chi connectivity index (χ4n) is 4.08. The van der Waals surface area contributed by atoms with Crippen molar-refractivity contribution < 1.29 is 38.1 Å². The smallest absolute Gasteiger partial charge is 0.497 e. The summed E-state index contributed by atoms with van der Waals surface area (Å²) in [6, 6.07) is 6.61. The largest absolute Gasteiger partial charge is 0.509 e. The second-order valence-electron chi connectivity index (χ2n) is 11.4. The summed E-state index contributed by atoms with van der Waals surface area (Å²) >= 11 is 1.44. The van der Waals surface area contributed by atoms with Gasteiger partial charge in [0.15, 0.2) is 17.3 Å². The van der Waals surface area contributed by atoms with Crippen LogP contribution in [0.1, 0.15) is 47.1 Å². The number of likely N-dealkylation sites (tertiary alicyclic amines) is 1. The fraction of sp³-hybridized carbons (Fsp3) is 0.571. The zero-order valence-electron chi connectivity index (χ0n) is 24.6. The van der Waals surface area contributed by atoms with Crippen molar-refractivity contribution >= 4 is 34.8 Å². The molecule has 3 atom stereocenters. The number of ether oxygens (including phenoxy) is 5. The van der Waals surface area contributed by atoms with E-state index in [2.05, 4.69) is 15.6 Å². The first-order chi connectivity index (χ1) is 19.2. The van der Waals surface area contributed by atoms with Gasteiger partial charge in [-0.1, -0.05) is 12.1 Å². The van der Waals surface area contributed by atoms with Gasteiger partial charge in [0.2, 0.25) is 0 Å². The maximum Gasteiger partial charge on any atom is 0.509 e. The Kier molecular flexibility index (Phi) is 10.7. The summed E-state index contributed by atoms with van der Waals surface area (Å²) in [4.78, 5) is 44.5. The molecule has 0 radical (unpaired) electrons. The average Bonchev–Trinajstić information content (AvgIpc) is 3.49. The molecule has 0 aliphatic carbocycles. The molecule has 1 aromatic carbocycles. The molecule has 12 nitrogen and oxygen atoms in total. The molecule has 2 amide bonds. The maximum absolute atomic E-state index is 13.3. The third-order valence-electron chi connectivity index (χ3n) is 5.74. The van der Waals surface area contributed by atoms with Gasteiger partial charge in [0.05, 0.1) is 19.7 Å². The van der Waals surface area contributed by atoms with Gasteiger partial charge in [-0.2, -0.15) is 0 Å². The Morgan fingerprint density at radius 2 is 1.68 bits per heavy atom. The first-order valence-electron chi connectivity index (χ1n) is 13.3. The highest BCUT2D eigenvalue weighted by Crippen LogP contribution is 2.30. The van der Waals surface area contributed by atoms with E-state index in [1.165, 1.54) is 16.2 Å². The Bertz CT molecular complexity index is 1150. The van der Waals surface area contributed by atoms with Gasteiger partial charge in [-0.05, 0) is 65.7 Å². The Balaban J connectivity index is 1.82. The quantitative estimate of drug-likeness (QED) is 0.236. The van der Waals surface area contributed by atoms with Crippen molar-refractivity contribution in [3.8, 4) is 5.75 Å². The van der Waals surface area contributed by atoms with E-state index in [-0.39, 0.29) is 13.1 Å². The Hall–Kier alpha value is -3.74. The highest BCUT2D eigenvalue weighted by atomic mass is 32.1. The fourth-order valence-corrected chi connectivity index (χ4v) is 4.64. The van der Waals surface area contributed by atoms with Crippen molar-refractivity contribution in [1.82, 2.24) is 15.2 Å². The molecule has 1 fully saturated rings. The van der Waals surface area contributed by atoms with Crippen molar-refractivity contribution in [1.29, 1.82) is 0 Å². The second-order valence-corrected chi connectivity index (χ2v) is 12.3. The van der Waals surface area contributed by atoms with Crippen molar-refractivity contribution in [3.05, 3.63) is 41.4 Å². The summed E-state index contributed by atoms with van der Waals surface area (Å²) in [7, 11) is 1.57. The molecule has 1 saturated heterocycles. The van der Waals surface area contributed by atoms with Crippen LogP contribution >= 0.6 is 11.3 Å². The highest BCUT2D eigenvalue weighted by Gasteiger charge is 2.50. The van der Waals surface area contributed by atoms with Crippen molar-refractivity contribution in [2.24, 2.45) is 0 Å². The van der Waals surface area contributed by atoms with Crippen LogP contribution in [0.25, 0.3) is 0 Å². The molecule has 41 heavy (non-hydrogen) atoms. The molecule has 2 N–H and O–H groups in total. The number of alkyl carbamates (subject to hydrolysis) is 1. The molecule has 0 unspecified atom stereocenters. The van der Waals surface area contributed by atoms with Gasteiger partial charge in [0, 0.05) is 24.7 Å². The van der Waals surface area contributed by atoms with E-state index in [0.717, 1.165) is 10.7 Å². The van der Waals surface area contributed by atoms with E-state index in [1.54, 1.807) is 67.0 Å². The van der Waals surface area contributed by atoms with Gasteiger partial charge in [0.1, 0.15) is 17.0 Å². The number of hydrogen-bond acceptors (Lipinski definition) is 11. The van der Waals surface area contributed by atoms with Crippen molar-refractivity contribution in [2.45, 2.75) is 77.4 Å². The van der Waals surface area contributed by atoms with Gasteiger partial charge in [-0.15, -0.1) is 11.3 Å². The van der Waals surface area contributed by atoms with Crippen LogP contribution in [-0.4, -0.2) is 84.4 Å². The number of carbonyl (C=O) groups is 3. The molecule has 2 heterocycles. The first-order valence-corrected chi connectivity index (χ1v) is 14.2. The number of thiazole rings is 1. The van der Waals surface area contributed by atoms with E-state index in [4.69, 9.17) is 23.7 Å². The average molecular weight is 593 g/mol.